The quantitative estimate of drug-likeness (QED) is 0.338. The van der Waals surface area contributed by atoms with Gasteiger partial charge in [-0.15, -0.1) is 11.3 Å². The van der Waals surface area contributed by atoms with Crippen molar-refractivity contribution in [1.82, 2.24) is 9.78 Å². The highest BCUT2D eigenvalue weighted by atomic mass is 35.5. The van der Waals surface area contributed by atoms with Crippen molar-refractivity contribution < 1.29 is 14.3 Å². The summed E-state index contributed by atoms with van der Waals surface area (Å²) in [5, 5.41) is 9.31. The van der Waals surface area contributed by atoms with Crippen molar-refractivity contribution in [3.05, 3.63) is 74.2 Å². The molecule has 2 aromatic heterocycles. The lowest BCUT2D eigenvalue weighted by molar-refractivity contribution is -0.119. The van der Waals surface area contributed by atoms with Crippen molar-refractivity contribution in [3.8, 4) is 5.69 Å². The van der Waals surface area contributed by atoms with Gasteiger partial charge in [-0.2, -0.15) is 5.10 Å². The Morgan fingerprint density at radius 1 is 1.06 bits per heavy atom. The molecule has 2 aromatic carbocycles. The number of ether oxygens (including phenoxy) is 1. The van der Waals surface area contributed by atoms with Crippen LogP contribution < -0.4 is 5.32 Å². The highest BCUT2D eigenvalue weighted by Crippen LogP contribution is 2.31. The number of amides is 1. The first kappa shape index (κ1) is 21.6. The van der Waals surface area contributed by atoms with Crippen LogP contribution >= 0.6 is 46.1 Å². The number of carbonyl (C=O) groups is 2. The maximum absolute atomic E-state index is 12.5. The molecule has 4 rings (SSSR count). The van der Waals surface area contributed by atoms with Crippen LogP contribution in [0.5, 0.6) is 0 Å². The molecule has 0 aliphatic carbocycles. The second-order valence-corrected chi connectivity index (χ2v) is 8.86. The van der Waals surface area contributed by atoms with Gasteiger partial charge in [0.2, 0.25) is 0 Å². The molecule has 0 radical (unpaired) electrons. The number of esters is 1. The number of rotatable bonds is 5. The number of nitrogens with one attached hydrogen (secondary N) is 1. The summed E-state index contributed by atoms with van der Waals surface area (Å²) in [5.41, 5.74) is 1.94. The van der Waals surface area contributed by atoms with Gasteiger partial charge in [0.1, 0.15) is 9.71 Å². The summed E-state index contributed by atoms with van der Waals surface area (Å²) in [7, 11) is 0. The van der Waals surface area contributed by atoms with Crippen LogP contribution in [-0.4, -0.2) is 28.3 Å². The fourth-order valence-corrected chi connectivity index (χ4v) is 4.43. The summed E-state index contributed by atoms with van der Waals surface area (Å²) in [6.07, 6.45) is 0. The minimum Gasteiger partial charge on any atom is -0.451 e. The summed E-state index contributed by atoms with van der Waals surface area (Å²) in [6, 6.07) is 13.6. The first-order chi connectivity index (χ1) is 14.8. The van der Waals surface area contributed by atoms with Crippen molar-refractivity contribution in [1.29, 1.82) is 0 Å². The third-order valence-corrected chi connectivity index (χ3v) is 6.26. The van der Waals surface area contributed by atoms with E-state index in [9.17, 15) is 9.59 Å². The van der Waals surface area contributed by atoms with E-state index in [1.165, 1.54) is 17.4 Å². The fourth-order valence-electron chi connectivity index (χ4n) is 2.89. The van der Waals surface area contributed by atoms with Crippen LogP contribution in [0.3, 0.4) is 0 Å². The molecule has 0 spiro atoms. The van der Waals surface area contributed by atoms with E-state index in [-0.39, 0.29) is 0 Å². The predicted octanol–water partition coefficient (Wildman–Crippen LogP) is 6.15. The van der Waals surface area contributed by atoms with Gasteiger partial charge in [0.25, 0.3) is 5.91 Å². The van der Waals surface area contributed by atoms with E-state index in [0.717, 1.165) is 21.6 Å². The molecule has 4 aromatic rings. The van der Waals surface area contributed by atoms with Crippen LogP contribution in [0.25, 0.3) is 15.9 Å². The van der Waals surface area contributed by atoms with Gasteiger partial charge in [0.05, 0.1) is 22.1 Å². The van der Waals surface area contributed by atoms with Gasteiger partial charge in [0, 0.05) is 15.4 Å². The molecule has 1 N–H and O–H groups in total. The normalized spacial score (nSPS) is 11.0. The Bertz CT molecular complexity index is 1300. The molecule has 0 aliphatic heterocycles. The number of aromatic nitrogens is 2. The number of benzene rings is 2. The molecule has 0 saturated heterocycles. The maximum atomic E-state index is 12.5. The van der Waals surface area contributed by atoms with Gasteiger partial charge in [-0.3, -0.25) is 4.79 Å². The first-order valence-electron chi connectivity index (χ1n) is 8.99. The summed E-state index contributed by atoms with van der Waals surface area (Å²) < 4.78 is 6.91. The number of hydrogen-bond donors (Lipinski definition) is 1. The Morgan fingerprint density at radius 3 is 2.52 bits per heavy atom. The van der Waals surface area contributed by atoms with Crippen molar-refractivity contribution in [2.24, 2.45) is 0 Å². The zero-order valence-corrected chi connectivity index (χ0v) is 19.1. The lowest BCUT2D eigenvalue weighted by atomic mass is 10.3. The molecule has 158 valence electrons. The second kappa shape index (κ2) is 8.88. The topological polar surface area (TPSA) is 73.2 Å². The highest BCUT2D eigenvalue weighted by molar-refractivity contribution is 7.20. The molecule has 0 bridgehead atoms. The third kappa shape index (κ3) is 4.70. The summed E-state index contributed by atoms with van der Waals surface area (Å²) >= 11 is 19.1. The average Bonchev–Trinajstić information content (AvgIpc) is 3.30. The van der Waals surface area contributed by atoms with E-state index < -0.39 is 18.5 Å². The second-order valence-electron chi connectivity index (χ2n) is 6.55. The van der Waals surface area contributed by atoms with Crippen molar-refractivity contribution in [2.45, 2.75) is 6.92 Å². The Balaban J connectivity index is 1.48. The van der Waals surface area contributed by atoms with Crippen molar-refractivity contribution in [2.75, 3.05) is 11.9 Å². The summed E-state index contributed by atoms with van der Waals surface area (Å²) in [4.78, 5) is 25.8. The molecular weight excluding hydrogens is 481 g/mol. The van der Waals surface area contributed by atoms with E-state index in [1.54, 1.807) is 35.0 Å². The number of anilines is 1. The zero-order valence-electron chi connectivity index (χ0n) is 16.0. The summed E-state index contributed by atoms with van der Waals surface area (Å²) in [5.74, 6) is -1.13. The van der Waals surface area contributed by atoms with Crippen molar-refractivity contribution >= 4 is 73.9 Å². The fraction of sp³-hybridized carbons (Fsp3) is 0.0952. The summed E-state index contributed by atoms with van der Waals surface area (Å²) in [6.45, 7) is 1.40. The third-order valence-electron chi connectivity index (χ3n) is 4.35. The van der Waals surface area contributed by atoms with Crippen LogP contribution in [0.15, 0.2) is 48.5 Å². The van der Waals surface area contributed by atoms with E-state index in [1.807, 2.05) is 19.1 Å². The van der Waals surface area contributed by atoms with Gasteiger partial charge in [0.15, 0.2) is 6.61 Å². The Kier molecular flexibility index (Phi) is 6.20. The molecule has 10 heteroatoms. The largest absolute Gasteiger partial charge is 0.451 e. The molecule has 0 unspecified atom stereocenters. The van der Waals surface area contributed by atoms with Gasteiger partial charge >= 0.3 is 5.97 Å². The van der Waals surface area contributed by atoms with Crippen LogP contribution in [0.4, 0.5) is 5.69 Å². The van der Waals surface area contributed by atoms with E-state index in [2.05, 4.69) is 10.4 Å². The SMILES string of the molecule is Cc1nn(-c2ccc(Cl)cc2)c2sc(C(=O)OCC(=O)Nc3cc(Cl)ccc3Cl)cc12. The average molecular weight is 495 g/mol. The molecule has 31 heavy (non-hydrogen) atoms. The van der Waals surface area contributed by atoms with Gasteiger partial charge in [-0.25, -0.2) is 9.48 Å². The van der Waals surface area contributed by atoms with Gasteiger partial charge < -0.3 is 10.1 Å². The molecule has 0 fully saturated rings. The molecular formula is C21H14Cl3N3O3S. The van der Waals surface area contributed by atoms with Gasteiger partial charge in [-0.05, 0) is 55.5 Å². The van der Waals surface area contributed by atoms with Gasteiger partial charge in [-0.1, -0.05) is 34.8 Å². The smallest absolute Gasteiger partial charge is 0.348 e. The van der Waals surface area contributed by atoms with E-state index >= 15 is 0 Å². The zero-order chi connectivity index (χ0) is 22.1. The number of carbonyl (C=O) groups excluding carboxylic acids is 2. The minimum atomic E-state index is -0.601. The Morgan fingerprint density at radius 2 is 1.77 bits per heavy atom. The van der Waals surface area contributed by atoms with Crippen molar-refractivity contribution in [3.63, 3.8) is 0 Å². The Labute approximate surface area is 196 Å². The lowest BCUT2D eigenvalue weighted by Gasteiger charge is -2.08. The monoisotopic (exact) mass is 493 g/mol. The lowest BCUT2D eigenvalue weighted by Crippen LogP contribution is -2.20. The number of nitrogens with zero attached hydrogens (tertiary/aromatic N) is 2. The van der Waals surface area contributed by atoms with E-state index in [4.69, 9.17) is 39.5 Å². The first-order valence-corrected chi connectivity index (χ1v) is 10.9. The molecule has 6 nitrogen and oxygen atoms in total. The van der Waals surface area contributed by atoms with Crippen LogP contribution in [0.2, 0.25) is 15.1 Å². The number of aryl methyl sites for hydroxylation is 1. The molecule has 0 saturated carbocycles. The molecule has 2 heterocycles. The molecule has 1 amide bonds. The highest BCUT2D eigenvalue weighted by Gasteiger charge is 2.19. The molecule has 0 atom stereocenters. The Hall–Kier alpha value is -2.58. The van der Waals surface area contributed by atoms with E-state index in [0.29, 0.717) is 25.6 Å². The van der Waals surface area contributed by atoms with Crippen LogP contribution in [0, 0.1) is 6.92 Å². The van der Waals surface area contributed by atoms with Crippen LogP contribution in [-0.2, 0) is 9.53 Å². The number of fused-ring (bicyclic) bond motifs is 1. The number of halogens is 3. The molecule has 0 aliphatic rings. The minimum absolute atomic E-state index is 0.329. The standard InChI is InChI=1S/C21H14Cl3N3O3S/c1-11-15-9-18(31-20(15)27(26-11)14-5-2-12(22)3-6-14)21(29)30-10-19(28)25-17-8-13(23)4-7-16(17)24/h2-9H,10H2,1H3,(H,25,28). The van der Waals surface area contributed by atoms with Crippen LogP contribution in [0.1, 0.15) is 15.4 Å². The predicted molar refractivity (Wildman–Crippen MR) is 124 cm³/mol. The number of hydrogen-bond acceptors (Lipinski definition) is 5. The maximum Gasteiger partial charge on any atom is 0.348 e. The number of thiophene rings is 1.